The van der Waals surface area contributed by atoms with Gasteiger partial charge in [0.05, 0.1) is 10.4 Å². The third-order valence-corrected chi connectivity index (χ3v) is 6.12. The first-order valence-corrected chi connectivity index (χ1v) is 12.9. The topological polar surface area (TPSA) is 62.3 Å². The highest BCUT2D eigenvalue weighted by Crippen LogP contribution is 2.37. The first kappa shape index (κ1) is 20.6. The van der Waals surface area contributed by atoms with Crippen molar-refractivity contribution in [3.05, 3.63) is 47.2 Å². The van der Waals surface area contributed by atoms with Crippen molar-refractivity contribution in [2.75, 3.05) is 12.3 Å². The van der Waals surface area contributed by atoms with Gasteiger partial charge in [0.15, 0.2) is 17.4 Å². The molecular weight excluding hydrogens is 404 g/mol. The lowest BCUT2D eigenvalue weighted by Gasteiger charge is -2.15. The maximum atomic E-state index is 14.1. The number of anilines is 1. The zero-order valence-electron chi connectivity index (χ0n) is 15.9. The molecule has 9 heteroatoms. The maximum Gasteiger partial charge on any atom is 0.198 e. The van der Waals surface area contributed by atoms with Crippen LogP contribution in [0.2, 0.25) is 30.7 Å². The number of benzene rings is 1. The van der Waals surface area contributed by atoms with Crippen LogP contribution in [0.15, 0.2) is 30.6 Å². The van der Waals surface area contributed by atoms with Crippen molar-refractivity contribution in [3.63, 3.8) is 0 Å². The third-order valence-electron chi connectivity index (χ3n) is 4.13. The molecule has 2 aromatic heterocycles. The van der Waals surface area contributed by atoms with Gasteiger partial charge in [-0.25, -0.2) is 13.8 Å². The largest absolute Gasteiger partial charge is 0.450 e. The maximum absolute atomic E-state index is 14.1. The lowest BCUT2D eigenvalue weighted by atomic mass is 10.2. The Hall–Kier alpha value is -2.16. The second-order valence-corrected chi connectivity index (χ2v) is 13.7. The van der Waals surface area contributed by atoms with Crippen LogP contribution >= 0.6 is 11.6 Å². The van der Waals surface area contributed by atoms with Gasteiger partial charge >= 0.3 is 0 Å². The predicted molar refractivity (Wildman–Crippen MR) is 110 cm³/mol. The minimum absolute atomic E-state index is 0.0260. The number of fused-ring (bicyclic) bond motifs is 1. The van der Waals surface area contributed by atoms with E-state index in [1.54, 1.807) is 10.8 Å². The van der Waals surface area contributed by atoms with E-state index in [4.69, 9.17) is 26.8 Å². The van der Waals surface area contributed by atoms with Gasteiger partial charge < -0.3 is 19.8 Å². The molecule has 150 valence electrons. The molecule has 0 aliphatic carbocycles. The van der Waals surface area contributed by atoms with E-state index in [1.807, 2.05) is 0 Å². The number of hydrogen-bond donors (Lipinski definition) is 1. The number of aromatic nitrogens is 2. The Labute approximate surface area is 168 Å². The molecular formula is C19H22ClF2N3O2Si. The number of ether oxygens (including phenoxy) is 2. The fourth-order valence-corrected chi connectivity index (χ4v) is 3.70. The second-order valence-electron chi connectivity index (χ2n) is 7.72. The highest BCUT2D eigenvalue weighted by molar-refractivity contribution is 6.76. The first-order chi connectivity index (χ1) is 13.2. The van der Waals surface area contributed by atoms with Crippen molar-refractivity contribution in [2.45, 2.75) is 32.4 Å². The molecule has 0 spiro atoms. The average Bonchev–Trinajstić information content (AvgIpc) is 2.91. The number of pyridine rings is 1. The van der Waals surface area contributed by atoms with Gasteiger partial charge in [0.1, 0.15) is 18.1 Å². The smallest absolute Gasteiger partial charge is 0.198 e. The minimum Gasteiger partial charge on any atom is -0.450 e. The summed E-state index contributed by atoms with van der Waals surface area (Å²) in [6, 6.07) is 4.53. The van der Waals surface area contributed by atoms with Crippen LogP contribution < -0.4 is 10.5 Å². The van der Waals surface area contributed by atoms with Crippen LogP contribution in [0.25, 0.3) is 11.0 Å². The summed E-state index contributed by atoms with van der Waals surface area (Å²) in [6.45, 7) is 7.75. The highest BCUT2D eigenvalue weighted by Gasteiger charge is 2.19. The third kappa shape index (κ3) is 4.63. The number of nitrogens with two attached hydrogens (primary N) is 1. The second kappa shape index (κ2) is 8.06. The van der Waals surface area contributed by atoms with Gasteiger partial charge in [-0.05, 0) is 12.1 Å². The quantitative estimate of drug-likeness (QED) is 0.301. The van der Waals surface area contributed by atoms with Crippen molar-refractivity contribution < 1.29 is 18.3 Å². The van der Waals surface area contributed by atoms with Crippen LogP contribution in [0.3, 0.4) is 0 Å². The van der Waals surface area contributed by atoms with E-state index in [2.05, 4.69) is 24.6 Å². The molecule has 1 aromatic carbocycles. The molecule has 0 radical (unpaired) electrons. The molecule has 0 bridgehead atoms. The molecule has 0 unspecified atom stereocenters. The molecule has 0 aliphatic heterocycles. The van der Waals surface area contributed by atoms with E-state index in [9.17, 15) is 8.78 Å². The Kier molecular flexibility index (Phi) is 5.92. The molecule has 0 saturated carbocycles. The molecule has 5 nitrogen and oxygen atoms in total. The van der Waals surface area contributed by atoms with Crippen LogP contribution in [-0.4, -0.2) is 24.2 Å². The van der Waals surface area contributed by atoms with Gasteiger partial charge in [0.25, 0.3) is 0 Å². The van der Waals surface area contributed by atoms with E-state index >= 15 is 0 Å². The van der Waals surface area contributed by atoms with Crippen LogP contribution in [0.1, 0.15) is 0 Å². The van der Waals surface area contributed by atoms with Crippen LogP contribution in [0, 0.1) is 11.6 Å². The minimum atomic E-state index is -1.19. The van der Waals surface area contributed by atoms with Gasteiger partial charge in [-0.15, -0.1) is 0 Å². The summed E-state index contributed by atoms with van der Waals surface area (Å²) in [5.74, 6) is -2.14. The number of halogens is 3. The monoisotopic (exact) mass is 425 g/mol. The summed E-state index contributed by atoms with van der Waals surface area (Å²) in [7, 11) is -1.19. The van der Waals surface area contributed by atoms with E-state index in [1.165, 1.54) is 12.3 Å². The highest BCUT2D eigenvalue weighted by atomic mass is 35.5. The van der Waals surface area contributed by atoms with E-state index in [0.717, 1.165) is 18.2 Å². The Bertz CT molecular complexity index is 982. The molecule has 3 aromatic rings. The van der Waals surface area contributed by atoms with Crippen molar-refractivity contribution in [1.82, 2.24) is 9.55 Å². The lowest BCUT2D eigenvalue weighted by Crippen LogP contribution is -2.22. The average molecular weight is 426 g/mol. The zero-order valence-corrected chi connectivity index (χ0v) is 17.7. The number of rotatable bonds is 7. The standard InChI is InChI=1S/C19H22ClF2N3O2Si/c1-28(2,3)7-6-26-11-25-10-13(20)17-16(4-5-24-19(17)25)27-18-14(21)8-12(23)9-15(18)22/h4-5,8-10H,6-7,11,23H2,1-3H3. The van der Waals surface area contributed by atoms with Gasteiger partial charge in [0.2, 0.25) is 0 Å². The van der Waals surface area contributed by atoms with Crippen LogP contribution in [-0.2, 0) is 11.5 Å². The molecule has 2 heterocycles. The summed E-state index contributed by atoms with van der Waals surface area (Å²) in [5, 5.41) is 0.803. The summed E-state index contributed by atoms with van der Waals surface area (Å²) >= 11 is 6.34. The van der Waals surface area contributed by atoms with Gasteiger partial charge in [0, 0.05) is 44.9 Å². The summed E-state index contributed by atoms with van der Waals surface area (Å²) < 4.78 is 41.2. The Balaban J connectivity index is 1.87. The fourth-order valence-electron chi connectivity index (χ4n) is 2.65. The van der Waals surface area contributed by atoms with E-state index in [0.29, 0.717) is 22.7 Å². The summed E-state index contributed by atoms with van der Waals surface area (Å²) in [6.07, 6.45) is 3.15. The van der Waals surface area contributed by atoms with E-state index in [-0.39, 0.29) is 18.2 Å². The van der Waals surface area contributed by atoms with Crippen molar-refractivity contribution in [3.8, 4) is 11.5 Å². The molecule has 0 aliphatic rings. The first-order valence-electron chi connectivity index (χ1n) is 8.79. The lowest BCUT2D eigenvalue weighted by molar-refractivity contribution is 0.0899. The van der Waals surface area contributed by atoms with Gasteiger partial charge in [-0.3, -0.25) is 0 Å². The summed E-state index contributed by atoms with van der Waals surface area (Å²) in [5.41, 5.74) is 5.92. The van der Waals surface area contributed by atoms with Crippen molar-refractivity contribution in [2.24, 2.45) is 0 Å². The molecule has 0 saturated heterocycles. The van der Waals surface area contributed by atoms with Crippen molar-refractivity contribution >= 4 is 36.4 Å². The summed E-state index contributed by atoms with van der Waals surface area (Å²) in [4.78, 5) is 4.31. The normalized spacial score (nSPS) is 11.9. The Morgan fingerprint density at radius 1 is 1.21 bits per heavy atom. The number of nitrogen functional groups attached to an aromatic ring is 1. The molecule has 0 atom stereocenters. The Morgan fingerprint density at radius 3 is 2.54 bits per heavy atom. The van der Waals surface area contributed by atoms with E-state index < -0.39 is 25.5 Å². The molecule has 28 heavy (non-hydrogen) atoms. The number of nitrogens with zero attached hydrogens (tertiary/aromatic N) is 2. The molecule has 0 amide bonds. The SMILES string of the molecule is C[Si](C)(C)CCOCn1cc(Cl)c2c(Oc3c(F)cc(N)cc3F)ccnc21. The fraction of sp³-hybridized carbons (Fsp3) is 0.316. The van der Waals surface area contributed by atoms with Crippen LogP contribution in [0.5, 0.6) is 11.5 Å². The van der Waals surface area contributed by atoms with Crippen molar-refractivity contribution in [1.29, 1.82) is 0 Å². The zero-order chi connectivity index (χ0) is 20.5. The van der Waals surface area contributed by atoms with Crippen LogP contribution in [0.4, 0.5) is 14.5 Å². The Morgan fingerprint density at radius 2 is 1.89 bits per heavy atom. The molecule has 0 fully saturated rings. The molecule has 3 rings (SSSR count). The van der Waals surface area contributed by atoms with Gasteiger partial charge in [-0.2, -0.15) is 0 Å². The predicted octanol–water partition coefficient (Wildman–Crippen LogP) is 5.65. The van der Waals surface area contributed by atoms with Gasteiger partial charge in [-0.1, -0.05) is 31.2 Å². The molecule has 2 N–H and O–H groups in total. The number of hydrogen-bond acceptors (Lipinski definition) is 4.